The number of sulfonamides is 1. The Hall–Kier alpha value is -0.445. The first-order valence-corrected chi connectivity index (χ1v) is 10.9. The van der Waals surface area contributed by atoms with Crippen molar-refractivity contribution in [1.82, 2.24) is 4.31 Å². The highest BCUT2D eigenvalue weighted by Crippen LogP contribution is 2.24. The minimum absolute atomic E-state index is 0.00925. The van der Waals surface area contributed by atoms with Crippen molar-refractivity contribution in [1.29, 1.82) is 0 Å². The zero-order valence-electron chi connectivity index (χ0n) is 14.5. The van der Waals surface area contributed by atoms with Crippen LogP contribution >= 0.6 is 15.9 Å². The van der Waals surface area contributed by atoms with Crippen LogP contribution in [-0.2, 0) is 29.4 Å². The summed E-state index contributed by atoms with van der Waals surface area (Å²) in [4.78, 5) is 0.295. The van der Waals surface area contributed by atoms with Gasteiger partial charge in [-0.2, -0.15) is 4.31 Å². The van der Waals surface area contributed by atoms with E-state index in [-0.39, 0.29) is 5.41 Å². The number of nitrogens with zero attached hydrogens (tertiary/aromatic N) is 1. The van der Waals surface area contributed by atoms with Crippen molar-refractivity contribution in [2.75, 3.05) is 39.5 Å². The fourth-order valence-electron chi connectivity index (χ4n) is 2.90. The Labute approximate surface area is 158 Å². The first kappa shape index (κ1) is 19.3. The van der Waals surface area contributed by atoms with Crippen LogP contribution in [0.15, 0.2) is 23.1 Å². The van der Waals surface area contributed by atoms with E-state index in [0.717, 1.165) is 11.0 Å². The van der Waals surface area contributed by atoms with Gasteiger partial charge in [-0.05, 0) is 23.2 Å². The van der Waals surface area contributed by atoms with E-state index >= 15 is 0 Å². The summed E-state index contributed by atoms with van der Waals surface area (Å²) in [5.41, 5.74) is 1.72. The maximum absolute atomic E-state index is 12.8. The molecule has 0 aromatic heterocycles. The summed E-state index contributed by atoms with van der Waals surface area (Å²) in [5, 5.41) is 0.529. The highest BCUT2D eigenvalue weighted by Gasteiger charge is 2.35. The Bertz CT molecular complexity index is 711. The van der Waals surface area contributed by atoms with E-state index in [9.17, 15) is 8.42 Å². The molecule has 9 heteroatoms. The van der Waals surface area contributed by atoms with E-state index in [2.05, 4.69) is 29.8 Å². The molecule has 25 heavy (non-hydrogen) atoms. The average Bonchev–Trinajstić information content (AvgIpc) is 2.62. The van der Waals surface area contributed by atoms with Gasteiger partial charge in [0.15, 0.2) is 0 Å². The molecule has 0 aliphatic carbocycles. The standard InChI is InChI=1S/C16H23BBrNO5S/c1-16(2)11-23-17(24-12-16)15-4-3-14(9-13(15)10-18)25(20,21)19-5-7-22-8-6-19/h3-4,9H,5-8,10-12H2,1-2H3. The van der Waals surface area contributed by atoms with Crippen molar-refractivity contribution in [3.8, 4) is 0 Å². The lowest BCUT2D eigenvalue weighted by molar-refractivity contribution is 0.0342. The van der Waals surface area contributed by atoms with Gasteiger partial charge in [-0.25, -0.2) is 8.42 Å². The van der Waals surface area contributed by atoms with Gasteiger partial charge in [0.2, 0.25) is 10.0 Å². The lowest BCUT2D eigenvalue weighted by Gasteiger charge is -2.33. The molecule has 138 valence electrons. The summed E-state index contributed by atoms with van der Waals surface area (Å²) in [6, 6.07) is 5.15. The first-order valence-electron chi connectivity index (χ1n) is 8.33. The Morgan fingerprint density at radius 2 is 1.84 bits per heavy atom. The fourth-order valence-corrected chi connectivity index (χ4v) is 4.84. The molecule has 3 rings (SSSR count). The molecule has 2 saturated heterocycles. The van der Waals surface area contributed by atoms with Crippen LogP contribution < -0.4 is 5.46 Å². The van der Waals surface area contributed by atoms with E-state index in [1.54, 1.807) is 18.2 Å². The first-order chi connectivity index (χ1) is 11.8. The number of hydrogen-bond donors (Lipinski definition) is 0. The Morgan fingerprint density at radius 3 is 2.44 bits per heavy atom. The molecular weight excluding hydrogens is 409 g/mol. The SMILES string of the molecule is CC1(C)COB(c2ccc(S(=O)(=O)N3CCOCC3)cc2CBr)OC1. The highest BCUT2D eigenvalue weighted by molar-refractivity contribution is 9.08. The monoisotopic (exact) mass is 431 g/mol. The molecule has 0 unspecified atom stereocenters. The van der Waals surface area contributed by atoms with E-state index < -0.39 is 17.1 Å². The zero-order valence-corrected chi connectivity index (χ0v) is 16.9. The fraction of sp³-hybridized carbons (Fsp3) is 0.625. The molecule has 2 heterocycles. The molecule has 0 N–H and O–H groups in total. The van der Waals surface area contributed by atoms with Crippen LogP contribution in [0, 0.1) is 5.41 Å². The minimum atomic E-state index is -3.51. The summed E-state index contributed by atoms with van der Waals surface area (Å²) in [6.07, 6.45) is 0. The molecular formula is C16H23BBrNO5S. The topological polar surface area (TPSA) is 65.1 Å². The third kappa shape index (κ3) is 4.28. The van der Waals surface area contributed by atoms with Gasteiger partial charge in [-0.1, -0.05) is 35.8 Å². The van der Waals surface area contributed by atoms with Crippen LogP contribution in [-0.4, -0.2) is 59.4 Å². The average molecular weight is 432 g/mol. The molecule has 0 spiro atoms. The third-order valence-corrected chi connectivity index (χ3v) is 6.87. The Balaban J connectivity index is 1.84. The second-order valence-electron chi connectivity index (χ2n) is 7.13. The molecule has 6 nitrogen and oxygen atoms in total. The Kier molecular flexibility index (Phi) is 5.92. The molecule has 2 aliphatic heterocycles. The molecule has 0 saturated carbocycles. The quantitative estimate of drug-likeness (QED) is 0.532. The number of benzene rings is 1. The summed E-state index contributed by atoms with van der Waals surface area (Å²) in [6.45, 7) is 7.03. The maximum atomic E-state index is 12.8. The predicted octanol–water partition coefficient (Wildman–Crippen LogP) is 1.37. The molecule has 0 radical (unpaired) electrons. The van der Waals surface area contributed by atoms with E-state index in [4.69, 9.17) is 14.0 Å². The van der Waals surface area contributed by atoms with Crippen LogP contribution in [0.4, 0.5) is 0 Å². The smallest absolute Gasteiger partial charge is 0.407 e. The Morgan fingerprint density at radius 1 is 1.20 bits per heavy atom. The van der Waals surface area contributed by atoms with Crippen molar-refractivity contribution in [2.45, 2.75) is 24.1 Å². The number of hydrogen-bond acceptors (Lipinski definition) is 5. The molecule has 0 bridgehead atoms. The maximum Gasteiger partial charge on any atom is 0.494 e. The van der Waals surface area contributed by atoms with Crippen molar-refractivity contribution < 1.29 is 22.5 Å². The minimum Gasteiger partial charge on any atom is -0.407 e. The lowest BCUT2D eigenvalue weighted by Crippen LogP contribution is -2.48. The van der Waals surface area contributed by atoms with Crippen LogP contribution in [0.2, 0.25) is 0 Å². The second-order valence-corrected chi connectivity index (χ2v) is 9.63. The number of ether oxygens (including phenoxy) is 1. The van der Waals surface area contributed by atoms with Crippen LogP contribution in [0.1, 0.15) is 19.4 Å². The van der Waals surface area contributed by atoms with Crippen molar-refractivity contribution in [3.05, 3.63) is 23.8 Å². The van der Waals surface area contributed by atoms with Gasteiger partial charge in [0.1, 0.15) is 0 Å². The molecule has 2 fully saturated rings. The summed E-state index contributed by atoms with van der Waals surface area (Å²) < 4.78 is 44.0. The van der Waals surface area contributed by atoms with Crippen LogP contribution in [0.5, 0.6) is 0 Å². The largest absolute Gasteiger partial charge is 0.494 e. The van der Waals surface area contributed by atoms with Gasteiger partial charge in [-0.15, -0.1) is 0 Å². The predicted molar refractivity (Wildman–Crippen MR) is 99.7 cm³/mol. The summed E-state index contributed by atoms with van der Waals surface area (Å²) >= 11 is 3.45. The normalized spacial score (nSPS) is 22.1. The van der Waals surface area contributed by atoms with Gasteiger partial charge in [0, 0.05) is 37.0 Å². The lowest BCUT2D eigenvalue weighted by atomic mass is 9.73. The zero-order chi connectivity index (χ0) is 18.1. The van der Waals surface area contributed by atoms with Gasteiger partial charge >= 0.3 is 7.12 Å². The van der Waals surface area contributed by atoms with Crippen LogP contribution in [0.3, 0.4) is 0 Å². The van der Waals surface area contributed by atoms with Gasteiger partial charge in [-0.3, -0.25) is 0 Å². The van der Waals surface area contributed by atoms with Crippen molar-refractivity contribution in [3.63, 3.8) is 0 Å². The van der Waals surface area contributed by atoms with E-state index in [0.29, 0.717) is 49.7 Å². The number of rotatable bonds is 4. The summed E-state index contributed by atoms with van der Waals surface area (Å²) in [7, 11) is -3.97. The molecule has 1 aromatic carbocycles. The third-order valence-electron chi connectivity index (χ3n) is 4.37. The second kappa shape index (κ2) is 7.66. The number of alkyl halides is 1. The van der Waals surface area contributed by atoms with E-state index in [1.807, 2.05) is 0 Å². The highest BCUT2D eigenvalue weighted by atomic mass is 79.9. The molecule has 0 amide bonds. The van der Waals surface area contributed by atoms with Crippen molar-refractivity contribution in [2.24, 2.45) is 5.41 Å². The molecule has 0 atom stereocenters. The summed E-state index contributed by atoms with van der Waals surface area (Å²) in [5.74, 6) is 0. The van der Waals surface area contributed by atoms with E-state index in [1.165, 1.54) is 4.31 Å². The van der Waals surface area contributed by atoms with Gasteiger partial charge in [0.25, 0.3) is 0 Å². The van der Waals surface area contributed by atoms with Gasteiger partial charge in [0.05, 0.1) is 18.1 Å². The van der Waals surface area contributed by atoms with Gasteiger partial charge < -0.3 is 14.0 Å². The number of morpholine rings is 1. The number of halogens is 1. The molecule has 2 aliphatic rings. The van der Waals surface area contributed by atoms with Crippen LogP contribution in [0.25, 0.3) is 0 Å². The molecule has 1 aromatic rings. The van der Waals surface area contributed by atoms with Crippen molar-refractivity contribution >= 4 is 38.5 Å².